The first-order valence-electron chi connectivity index (χ1n) is 6.72. The number of hydrogen-bond donors (Lipinski definition) is 0. The Kier molecular flexibility index (Phi) is 5.55. The van der Waals surface area contributed by atoms with Gasteiger partial charge in [0.05, 0.1) is 5.69 Å². The van der Waals surface area contributed by atoms with E-state index in [4.69, 9.17) is 4.52 Å². The zero-order valence-corrected chi connectivity index (χ0v) is 12.9. The third-order valence-electron chi connectivity index (χ3n) is 2.94. The first-order chi connectivity index (χ1) is 9.67. The highest BCUT2D eigenvalue weighted by Crippen LogP contribution is 2.20. The fourth-order valence-electron chi connectivity index (χ4n) is 1.71. The van der Waals surface area contributed by atoms with Crippen LogP contribution in [-0.4, -0.2) is 32.3 Å². The number of thioether (sulfide) groups is 1. The van der Waals surface area contributed by atoms with Crippen molar-refractivity contribution in [3.05, 3.63) is 36.0 Å². The first kappa shape index (κ1) is 15.0. The van der Waals surface area contributed by atoms with E-state index >= 15 is 0 Å². The van der Waals surface area contributed by atoms with Crippen molar-refractivity contribution in [3.8, 4) is 0 Å². The number of aromatic nitrogens is 3. The molecule has 1 atom stereocenters. The minimum absolute atomic E-state index is 0.552. The summed E-state index contributed by atoms with van der Waals surface area (Å²) in [5.41, 5.74) is 2.03. The molecule has 5 nitrogen and oxygen atoms in total. The van der Waals surface area contributed by atoms with Gasteiger partial charge in [-0.1, -0.05) is 30.8 Å². The van der Waals surface area contributed by atoms with Crippen molar-refractivity contribution in [3.63, 3.8) is 0 Å². The van der Waals surface area contributed by atoms with Crippen LogP contribution in [0.4, 0.5) is 0 Å². The van der Waals surface area contributed by atoms with E-state index in [2.05, 4.69) is 33.9 Å². The molecule has 20 heavy (non-hydrogen) atoms. The average molecular weight is 292 g/mol. The van der Waals surface area contributed by atoms with Crippen molar-refractivity contribution in [1.29, 1.82) is 0 Å². The lowest BCUT2D eigenvalue weighted by Crippen LogP contribution is -2.17. The van der Waals surface area contributed by atoms with Crippen molar-refractivity contribution in [2.45, 2.75) is 43.8 Å². The standard InChI is InChI=1S/C14H20N4OS/c1-4-11(2)20-14-15-7-12(8-16-14)9-18(3)10-13-5-6-19-17-13/h5-8,11H,4,9-10H2,1-3H3. The van der Waals surface area contributed by atoms with Crippen LogP contribution in [0.15, 0.2) is 34.4 Å². The Balaban J connectivity index is 1.86. The van der Waals surface area contributed by atoms with E-state index in [1.807, 2.05) is 25.5 Å². The van der Waals surface area contributed by atoms with E-state index in [0.29, 0.717) is 5.25 Å². The maximum Gasteiger partial charge on any atom is 0.187 e. The molecule has 0 radical (unpaired) electrons. The molecule has 0 spiro atoms. The minimum Gasteiger partial charge on any atom is -0.364 e. The van der Waals surface area contributed by atoms with Crippen LogP contribution in [0.1, 0.15) is 31.5 Å². The smallest absolute Gasteiger partial charge is 0.187 e. The lowest BCUT2D eigenvalue weighted by molar-refractivity contribution is 0.302. The molecule has 0 aliphatic heterocycles. The van der Waals surface area contributed by atoms with Crippen LogP contribution in [0.5, 0.6) is 0 Å². The fourth-order valence-corrected chi connectivity index (χ4v) is 2.47. The monoisotopic (exact) mass is 292 g/mol. The molecule has 0 aliphatic carbocycles. The fraction of sp³-hybridized carbons (Fsp3) is 0.500. The molecule has 1 unspecified atom stereocenters. The van der Waals surface area contributed by atoms with Crippen molar-refractivity contribution in [2.24, 2.45) is 0 Å². The van der Waals surface area contributed by atoms with Gasteiger partial charge in [-0.25, -0.2) is 9.97 Å². The van der Waals surface area contributed by atoms with E-state index in [1.165, 1.54) is 0 Å². The highest BCUT2D eigenvalue weighted by atomic mass is 32.2. The van der Waals surface area contributed by atoms with E-state index < -0.39 is 0 Å². The molecular weight excluding hydrogens is 272 g/mol. The van der Waals surface area contributed by atoms with Gasteiger partial charge >= 0.3 is 0 Å². The molecule has 2 heterocycles. The Morgan fingerprint density at radius 1 is 1.30 bits per heavy atom. The van der Waals surface area contributed by atoms with Crippen LogP contribution < -0.4 is 0 Å². The summed E-state index contributed by atoms with van der Waals surface area (Å²) >= 11 is 1.72. The molecule has 0 aliphatic rings. The van der Waals surface area contributed by atoms with Gasteiger partial charge in [-0.3, -0.25) is 4.90 Å². The highest BCUT2D eigenvalue weighted by molar-refractivity contribution is 7.99. The summed E-state index contributed by atoms with van der Waals surface area (Å²) in [5.74, 6) is 0. The largest absolute Gasteiger partial charge is 0.364 e. The van der Waals surface area contributed by atoms with Crippen LogP contribution in [0, 0.1) is 0 Å². The van der Waals surface area contributed by atoms with Gasteiger partial charge in [-0.15, -0.1) is 0 Å². The third kappa shape index (κ3) is 4.61. The third-order valence-corrected chi connectivity index (χ3v) is 4.10. The Hall–Kier alpha value is -1.40. The first-order valence-corrected chi connectivity index (χ1v) is 7.60. The molecule has 0 aromatic carbocycles. The SMILES string of the molecule is CCC(C)Sc1ncc(CN(C)Cc2ccon2)cn1. The molecule has 0 saturated heterocycles. The van der Waals surface area contributed by atoms with Gasteiger partial charge in [0.25, 0.3) is 0 Å². The molecule has 2 rings (SSSR count). The van der Waals surface area contributed by atoms with Gasteiger partial charge in [0.15, 0.2) is 5.16 Å². The second-order valence-corrected chi connectivity index (χ2v) is 6.28. The number of rotatable bonds is 7. The Morgan fingerprint density at radius 3 is 2.65 bits per heavy atom. The molecule has 0 amide bonds. The Bertz CT molecular complexity index is 500. The van der Waals surface area contributed by atoms with Gasteiger partial charge in [0.2, 0.25) is 0 Å². The molecule has 0 bridgehead atoms. The van der Waals surface area contributed by atoms with Gasteiger partial charge in [0, 0.05) is 42.4 Å². The van der Waals surface area contributed by atoms with Crippen LogP contribution in [-0.2, 0) is 13.1 Å². The second kappa shape index (κ2) is 7.40. The molecule has 108 valence electrons. The molecule has 0 N–H and O–H groups in total. The maximum atomic E-state index is 4.82. The zero-order chi connectivity index (χ0) is 14.4. The summed E-state index contributed by atoms with van der Waals surface area (Å²) in [6.45, 7) is 5.90. The summed E-state index contributed by atoms with van der Waals surface area (Å²) in [4.78, 5) is 11.0. The Labute approximate surface area is 123 Å². The zero-order valence-electron chi connectivity index (χ0n) is 12.1. The van der Waals surface area contributed by atoms with E-state index in [1.54, 1.807) is 18.0 Å². The topological polar surface area (TPSA) is 55.1 Å². The highest BCUT2D eigenvalue weighted by Gasteiger charge is 2.07. The lowest BCUT2D eigenvalue weighted by atomic mass is 10.3. The van der Waals surface area contributed by atoms with Gasteiger partial charge in [-0.05, 0) is 13.5 Å². The summed E-state index contributed by atoms with van der Waals surface area (Å²) in [5, 5.41) is 5.30. The summed E-state index contributed by atoms with van der Waals surface area (Å²) in [6, 6.07) is 1.87. The summed E-state index contributed by atoms with van der Waals surface area (Å²) < 4.78 is 4.82. The van der Waals surface area contributed by atoms with Crippen molar-refractivity contribution >= 4 is 11.8 Å². The Morgan fingerprint density at radius 2 is 2.05 bits per heavy atom. The molecule has 0 saturated carbocycles. The van der Waals surface area contributed by atoms with Gasteiger partial charge in [0.1, 0.15) is 6.26 Å². The normalized spacial score (nSPS) is 12.8. The predicted octanol–water partition coefficient (Wildman–Crippen LogP) is 2.99. The van der Waals surface area contributed by atoms with Gasteiger partial charge < -0.3 is 4.52 Å². The van der Waals surface area contributed by atoms with Crippen LogP contribution in [0.3, 0.4) is 0 Å². The van der Waals surface area contributed by atoms with Gasteiger partial charge in [-0.2, -0.15) is 0 Å². The molecule has 0 fully saturated rings. The maximum absolute atomic E-state index is 4.82. The molecule has 2 aromatic heterocycles. The van der Waals surface area contributed by atoms with E-state index in [-0.39, 0.29) is 0 Å². The van der Waals surface area contributed by atoms with E-state index in [0.717, 1.165) is 35.9 Å². The second-order valence-electron chi connectivity index (χ2n) is 4.87. The van der Waals surface area contributed by atoms with Crippen LogP contribution in [0.25, 0.3) is 0 Å². The van der Waals surface area contributed by atoms with Crippen molar-refractivity contribution < 1.29 is 4.52 Å². The summed E-state index contributed by atoms with van der Waals surface area (Å²) in [7, 11) is 2.04. The van der Waals surface area contributed by atoms with Crippen LogP contribution >= 0.6 is 11.8 Å². The predicted molar refractivity (Wildman–Crippen MR) is 79.3 cm³/mol. The molecule has 6 heteroatoms. The van der Waals surface area contributed by atoms with Crippen LogP contribution in [0.2, 0.25) is 0 Å². The minimum atomic E-state index is 0.552. The summed E-state index contributed by atoms with van der Waals surface area (Å²) in [6.07, 6.45) is 6.51. The van der Waals surface area contributed by atoms with E-state index in [9.17, 15) is 0 Å². The van der Waals surface area contributed by atoms with Crippen molar-refractivity contribution in [2.75, 3.05) is 7.05 Å². The average Bonchev–Trinajstić information content (AvgIpc) is 2.93. The number of nitrogens with zero attached hydrogens (tertiary/aromatic N) is 4. The lowest BCUT2D eigenvalue weighted by Gasteiger charge is -2.14. The number of hydrogen-bond acceptors (Lipinski definition) is 6. The quantitative estimate of drug-likeness (QED) is 0.577. The molecule has 2 aromatic rings. The molecular formula is C14H20N4OS. The van der Waals surface area contributed by atoms with Crippen molar-refractivity contribution in [1.82, 2.24) is 20.0 Å².